The Balaban J connectivity index is 2.58. The fourth-order valence-electron chi connectivity index (χ4n) is 1.37. The minimum atomic E-state index is -0.384. The van der Waals surface area contributed by atoms with E-state index >= 15 is 0 Å². The molecular weight excluding hydrogens is 250 g/mol. The first-order valence-electron chi connectivity index (χ1n) is 4.53. The lowest BCUT2D eigenvalue weighted by atomic mass is 10.1. The quantitative estimate of drug-likeness (QED) is 0.767. The number of hydrogen-bond acceptors (Lipinski definition) is 2. The average molecular weight is 257 g/mol. The highest BCUT2D eigenvalue weighted by molar-refractivity contribution is 6.33. The fourth-order valence-corrected chi connectivity index (χ4v) is 1.82. The highest BCUT2D eigenvalue weighted by atomic mass is 35.5. The van der Waals surface area contributed by atoms with Gasteiger partial charge in [0.15, 0.2) is 0 Å². The van der Waals surface area contributed by atoms with Crippen molar-refractivity contribution in [1.82, 2.24) is 9.97 Å². The summed E-state index contributed by atoms with van der Waals surface area (Å²) in [6.45, 7) is 0. The Labute approximate surface area is 102 Å². The zero-order chi connectivity index (χ0) is 11.5. The molecule has 0 saturated carbocycles. The molecule has 16 heavy (non-hydrogen) atoms. The minimum Gasteiger partial charge on any atom is -0.256 e. The van der Waals surface area contributed by atoms with E-state index in [9.17, 15) is 4.39 Å². The fraction of sp³-hybridized carbons (Fsp3) is 0.0909. The van der Waals surface area contributed by atoms with Gasteiger partial charge >= 0.3 is 0 Å². The van der Waals surface area contributed by atoms with E-state index in [4.69, 9.17) is 23.2 Å². The van der Waals surface area contributed by atoms with Crippen molar-refractivity contribution in [3.63, 3.8) is 0 Å². The van der Waals surface area contributed by atoms with Gasteiger partial charge in [-0.15, -0.1) is 11.6 Å². The Morgan fingerprint density at radius 3 is 2.62 bits per heavy atom. The molecule has 0 aliphatic carbocycles. The molecule has 2 rings (SSSR count). The molecule has 0 radical (unpaired) electrons. The lowest BCUT2D eigenvalue weighted by Gasteiger charge is -2.06. The summed E-state index contributed by atoms with van der Waals surface area (Å²) in [6, 6.07) is 4.13. The largest absolute Gasteiger partial charge is 0.256 e. The third-order valence-corrected chi connectivity index (χ3v) is 2.65. The SMILES string of the molecule is Fc1ccc(-c2nccnc2CCl)c(Cl)c1. The second kappa shape index (κ2) is 4.76. The molecule has 0 bridgehead atoms. The van der Waals surface area contributed by atoms with Crippen LogP contribution in [0.25, 0.3) is 11.3 Å². The molecule has 0 aliphatic rings. The van der Waals surface area contributed by atoms with E-state index in [2.05, 4.69) is 9.97 Å². The van der Waals surface area contributed by atoms with E-state index in [1.165, 1.54) is 12.1 Å². The molecule has 0 aliphatic heterocycles. The van der Waals surface area contributed by atoms with Crippen molar-refractivity contribution in [2.75, 3.05) is 0 Å². The van der Waals surface area contributed by atoms with Crippen LogP contribution in [0.15, 0.2) is 30.6 Å². The van der Waals surface area contributed by atoms with Crippen molar-refractivity contribution in [3.05, 3.63) is 47.1 Å². The van der Waals surface area contributed by atoms with Gasteiger partial charge in [0.25, 0.3) is 0 Å². The molecule has 0 amide bonds. The van der Waals surface area contributed by atoms with Gasteiger partial charge in [-0.25, -0.2) is 4.39 Å². The van der Waals surface area contributed by atoms with E-state index in [0.717, 1.165) is 0 Å². The number of alkyl halides is 1. The smallest absolute Gasteiger partial charge is 0.124 e. The van der Waals surface area contributed by atoms with Gasteiger partial charge < -0.3 is 0 Å². The normalized spacial score (nSPS) is 10.4. The van der Waals surface area contributed by atoms with Gasteiger partial charge in [0, 0.05) is 18.0 Å². The maximum absolute atomic E-state index is 12.9. The van der Waals surface area contributed by atoms with Crippen molar-refractivity contribution in [2.45, 2.75) is 5.88 Å². The Bertz CT molecular complexity index is 517. The Morgan fingerprint density at radius 2 is 1.94 bits per heavy atom. The highest BCUT2D eigenvalue weighted by Crippen LogP contribution is 2.29. The predicted octanol–water partition coefficient (Wildman–Crippen LogP) is 3.67. The molecule has 0 N–H and O–H groups in total. The van der Waals surface area contributed by atoms with Crippen LogP contribution in [0.4, 0.5) is 4.39 Å². The summed E-state index contributed by atoms with van der Waals surface area (Å²) < 4.78 is 12.9. The Hall–Kier alpha value is -1.19. The lowest BCUT2D eigenvalue weighted by Crippen LogP contribution is -1.94. The Kier molecular flexibility index (Phi) is 3.36. The standard InChI is InChI=1S/C11H7Cl2FN2/c12-6-10-11(16-4-3-15-10)8-2-1-7(14)5-9(8)13/h1-5H,6H2. The molecule has 2 nitrogen and oxygen atoms in total. The molecule has 82 valence electrons. The molecule has 1 aromatic carbocycles. The first-order chi connectivity index (χ1) is 7.72. The summed E-state index contributed by atoms with van der Waals surface area (Å²) in [5.41, 5.74) is 1.84. The van der Waals surface area contributed by atoms with Gasteiger partial charge in [-0.05, 0) is 18.2 Å². The van der Waals surface area contributed by atoms with Crippen LogP contribution in [0.1, 0.15) is 5.69 Å². The number of hydrogen-bond donors (Lipinski definition) is 0. The molecule has 1 aromatic heterocycles. The lowest BCUT2D eigenvalue weighted by molar-refractivity contribution is 0.628. The van der Waals surface area contributed by atoms with E-state index in [-0.39, 0.29) is 11.7 Å². The molecule has 5 heteroatoms. The van der Waals surface area contributed by atoms with Gasteiger partial charge in [0.05, 0.1) is 22.3 Å². The molecule has 2 aromatic rings. The zero-order valence-electron chi connectivity index (χ0n) is 8.12. The van der Waals surface area contributed by atoms with Crippen LogP contribution >= 0.6 is 23.2 Å². The monoisotopic (exact) mass is 256 g/mol. The summed E-state index contributed by atoms with van der Waals surface area (Å²) in [5, 5.41) is 0.298. The van der Waals surface area contributed by atoms with E-state index in [0.29, 0.717) is 22.0 Å². The average Bonchev–Trinajstić information content (AvgIpc) is 2.29. The highest BCUT2D eigenvalue weighted by Gasteiger charge is 2.10. The van der Waals surface area contributed by atoms with Crippen LogP contribution in [0, 0.1) is 5.82 Å². The number of halogens is 3. The summed E-state index contributed by atoms with van der Waals surface area (Å²) in [4.78, 5) is 8.25. The van der Waals surface area contributed by atoms with Crippen LogP contribution < -0.4 is 0 Å². The number of benzene rings is 1. The maximum Gasteiger partial charge on any atom is 0.124 e. The second-order valence-electron chi connectivity index (χ2n) is 3.11. The van der Waals surface area contributed by atoms with Crippen molar-refractivity contribution < 1.29 is 4.39 Å². The van der Waals surface area contributed by atoms with Gasteiger partial charge in [0.2, 0.25) is 0 Å². The van der Waals surface area contributed by atoms with Crippen molar-refractivity contribution in [3.8, 4) is 11.3 Å². The van der Waals surface area contributed by atoms with Crippen molar-refractivity contribution in [1.29, 1.82) is 0 Å². The van der Waals surface area contributed by atoms with Crippen LogP contribution in [0.2, 0.25) is 5.02 Å². The predicted molar refractivity (Wildman–Crippen MR) is 62.0 cm³/mol. The molecule has 0 unspecified atom stereocenters. The molecule has 0 spiro atoms. The summed E-state index contributed by atoms with van der Waals surface area (Å²) in [7, 11) is 0. The van der Waals surface area contributed by atoms with Crippen LogP contribution in [-0.2, 0) is 5.88 Å². The van der Waals surface area contributed by atoms with E-state index in [1.54, 1.807) is 18.5 Å². The molecule has 0 fully saturated rings. The summed E-state index contributed by atoms with van der Waals surface area (Å²) in [5.74, 6) is -0.151. The Morgan fingerprint density at radius 1 is 1.19 bits per heavy atom. The maximum atomic E-state index is 12.9. The number of rotatable bonds is 2. The summed E-state index contributed by atoms with van der Waals surface area (Å²) in [6.07, 6.45) is 3.10. The number of aromatic nitrogens is 2. The third-order valence-electron chi connectivity index (χ3n) is 2.09. The molecule has 0 saturated heterocycles. The zero-order valence-corrected chi connectivity index (χ0v) is 9.63. The van der Waals surface area contributed by atoms with E-state index in [1.807, 2.05) is 0 Å². The molecular formula is C11H7Cl2FN2. The molecule has 0 atom stereocenters. The van der Waals surface area contributed by atoms with E-state index < -0.39 is 0 Å². The first-order valence-corrected chi connectivity index (χ1v) is 5.45. The summed E-state index contributed by atoms with van der Waals surface area (Å²) >= 11 is 11.7. The number of nitrogens with zero attached hydrogens (tertiary/aromatic N) is 2. The first kappa shape index (κ1) is 11.3. The minimum absolute atomic E-state index is 0.233. The van der Waals surface area contributed by atoms with Gasteiger partial charge in [0.1, 0.15) is 5.82 Å². The topological polar surface area (TPSA) is 25.8 Å². The third kappa shape index (κ3) is 2.15. The van der Waals surface area contributed by atoms with Crippen LogP contribution in [0.5, 0.6) is 0 Å². The van der Waals surface area contributed by atoms with Crippen LogP contribution in [0.3, 0.4) is 0 Å². The van der Waals surface area contributed by atoms with Crippen molar-refractivity contribution >= 4 is 23.2 Å². The van der Waals surface area contributed by atoms with Gasteiger partial charge in [-0.1, -0.05) is 11.6 Å². The van der Waals surface area contributed by atoms with Crippen molar-refractivity contribution in [2.24, 2.45) is 0 Å². The van der Waals surface area contributed by atoms with Gasteiger partial charge in [-0.2, -0.15) is 0 Å². The second-order valence-corrected chi connectivity index (χ2v) is 3.78. The molecule has 1 heterocycles. The van der Waals surface area contributed by atoms with Gasteiger partial charge in [-0.3, -0.25) is 9.97 Å². The van der Waals surface area contributed by atoms with Crippen LogP contribution in [-0.4, -0.2) is 9.97 Å².